The minimum absolute atomic E-state index is 0.00484. The molecule has 1 aromatic carbocycles. The molecule has 0 radical (unpaired) electrons. The van der Waals surface area contributed by atoms with Gasteiger partial charge in [0.15, 0.2) is 0 Å². The van der Waals surface area contributed by atoms with Gasteiger partial charge in [0.1, 0.15) is 6.54 Å². The van der Waals surface area contributed by atoms with Crippen LogP contribution in [-0.2, 0) is 29.1 Å². The predicted octanol–water partition coefficient (Wildman–Crippen LogP) is 0.515. The molecule has 1 aliphatic carbocycles. The Morgan fingerprint density at radius 2 is 1.89 bits per heavy atom. The Morgan fingerprint density at radius 1 is 1.14 bits per heavy atom. The molecule has 1 aromatic heterocycles. The number of anilines is 1. The summed E-state index contributed by atoms with van der Waals surface area (Å²) in [7, 11) is 0. The van der Waals surface area contributed by atoms with Crippen LogP contribution in [0.1, 0.15) is 36.8 Å². The molecule has 2 heterocycles. The van der Waals surface area contributed by atoms with Gasteiger partial charge in [-0.3, -0.25) is 9.59 Å². The standard InChI is InChI=1S/C19H25N7O2/c20-19-22-23-24-26(19)12-17(27)21-16-7-5-14(6-8-16)18(28)25-10-9-13-3-1-2-4-15(13)11-25/h1-4,14,16H,5-12H2,(H,21,27)(H2,20,22,24). The maximum Gasteiger partial charge on any atom is 0.242 e. The molecule has 9 nitrogen and oxygen atoms in total. The van der Waals surface area contributed by atoms with Crippen LogP contribution in [0.15, 0.2) is 24.3 Å². The summed E-state index contributed by atoms with van der Waals surface area (Å²) in [6, 6.07) is 8.42. The Kier molecular flexibility index (Phi) is 5.23. The van der Waals surface area contributed by atoms with Crippen LogP contribution in [0, 0.1) is 5.92 Å². The summed E-state index contributed by atoms with van der Waals surface area (Å²) in [6.07, 6.45) is 4.13. The van der Waals surface area contributed by atoms with Crippen LogP contribution < -0.4 is 11.1 Å². The zero-order valence-electron chi connectivity index (χ0n) is 15.8. The van der Waals surface area contributed by atoms with E-state index < -0.39 is 0 Å². The van der Waals surface area contributed by atoms with E-state index in [1.807, 2.05) is 11.0 Å². The Hall–Kier alpha value is -2.97. The summed E-state index contributed by atoms with van der Waals surface area (Å²) >= 11 is 0. The van der Waals surface area contributed by atoms with E-state index in [0.717, 1.165) is 38.6 Å². The Morgan fingerprint density at radius 3 is 2.61 bits per heavy atom. The van der Waals surface area contributed by atoms with Crippen LogP contribution in [0.4, 0.5) is 5.95 Å². The van der Waals surface area contributed by atoms with E-state index in [4.69, 9.17) is 5.73 Å². The van der Waals surface area contributed by atoms with Gasteiger partial charge in [0.05, 0.1) is 0 Å². The van der Waals surface area contributed by atoms with Crippen LogP contribution in [0.5, 0.6) is 0 Å². The summed E-state index contributed by atoms with van der Waals surface area (Å²) in [4.78, 5) is 27.1. The Balaban J connectivity index is 1.25. The number of tetrazole rings is 1. The first-order valence-electron chi connectivity index (χ1n) is 9.76. The number of amides is 2. The minimum Gasteiger partial charge on any atom is -0.367 e. The molecule has 148 valence electrons. The summed E-state index contributed by atoms with van der Waals surface area (Å²) < 4.78 is 1.26. The molecule has 0 bridgehead atoms. The van der Waals surface area contributed by atoms with Crippen molar-refractivity contribution in [2.45, 2.75) is 51.2 Å². The summed E-state index contributed by atoms with van der Waals surface area (Å²) in [6.45, 7) is 1.50. The van der Waals surface area contributed by atoms with Crippen molar-refractivity contribution in [3.63, 3.8) is 0 Å². The van der Waals surface area contributed by atoms with Crippen LogP contribution in [0.2, 0.25) is 0 Å². The first-order valence-corrected chi connectivity index (χ1v) is 9.76. The molecule has 0 saturated heterocycles. The maximum absolute atomic E-state index is 12.9. The normalized spacial score (nSPS) is 21.8. The number of hydrogen-bond acceptors (Lipinski definition) is 6. The molecule has 1 aliphatic heterocycles. The van der Waals surface area contributed by atoms with Crippen LogP contribution >= 0.6 is 0 Å². The summed E-state index contributed by atoms with van der Waals surface area (Å²) in [5.74, 6) is 0.253. The van der Waals surface area contributed by atoms with Crippen LogP contribution in [0.3, 0.4) is 0 Å². The fourth-order valence-electron chi connectivity index (χ4n) is 4.16. The topological polar surface area (TPSA) is 119 Å². The highest BCUT2D eigenvalue weighted by Crippen LogP contribution is 2.28. The Bertz CT molecular complexity index is 857. The number of nitrogens with zero attached hydrogens (tertiary/aromatic N) is 5. The van der Waals surface area contributed by atoms with Crippen molar-refractivity contribution in [3.8, 4) is 0 Å². The van der Waals surface area contributed by atoms with Crippen LogP contribution in [-0.4, -0.2) is 49.5 Å². The highest BCUT2D eigenvalue weighted by molar-refractivity contribution is 5.79. The van der Waals surface area contributed by atoms with Gasteiger partial charge in [0, 0.05) is 25.0 Å². The molecule has 0 atom stereocenters. The van der Waals surface area contributed by atoms with Crippen molar-refractivity contribution >= 4 is 17.8 Å². The fraction of sp³-hybridized carbons (Fsp3) is 0.526. The highest BCUT2D eigenvalue weighted by atomic mass is 16.2. The third-order valence-corrected chi connectivity index (χ3v) is 5.74. The lowest BCUT2D eigenvalue weighted by molar-refractivity contribution is -0.137. The monoisotopic (exact) mass is 383 g/mol. The molecule has 1 fully saturated rings. The van der Waals surface area contributed by atoms with Crippen LogP contribution in [0.25, 0.3) is 0 Å². The van der Waals surface area contributed by atoms with Gasteiger partial charge in [-0.25, -0.2) is 4.68 Å². The molecule has 0 spiro atoms. The van der Waals surface area contributed by atoms with E-state index in [0.29, 0.717) is 6.54 Å². The van der Waals surface area contributed by atoms with Crippen molar-refractivity contribution < 1.29 is 9.59 Å². The van der Waals surface area contributed by atoms with E-state index in [2.05, 4.69) is 39.0 Å². The van der Waals surface area contributed by atoms with Gasteiger partial charge in [-0.1, -0.05) is 29.4 Å². The van der Waals surface area contributed by atoms with Gasteiger partial charge in [-0.15, -0.1) is 0 Å². The van der Waals surface area contributed by atoms with E-state index in [-0.39, 0.29) is 36.3 Å². The van der Waals surface area contributed by atoms with Gasteiger partial charge in [0.25, 0.3) is 0 Å². The van der Waals surface area contributed by atoms with Gasteiger partial charge in [-0.2, -0.15) is 0 Å². The molecule has 3 N–H and O–H groups in total. The number of carbonyl (C=O) groups is 2. The number of benzene rings is 1. The third-order valence-electron chi connectivity index (χ3n) is 5.74. The number of rotatable bonds is 4. The smallest absolute Gasteiger partial charge is 0.242 e. The van der Waals surface area contributed by atoms with E-state index in [1.54, 1.807) is 0 Å². The number of nitrogen functional groups attached to an aromatic ring is 1. The van der Waals surface area contributed by atoms with Gasteiger partial charge in [-0.05, 0) is 53.7 Å². The van der Waals surface area contributed by atoms with Crippen molar-refractivity contribution in [1.82, 2.24) is 30.4 Å². The molecular formula is C19H25N7O2. The lowest BCUT2D eigenvalue weighted by Gasteiger charge is -2.35. The van der Waals surface area contributed by atoms with Crippen molar-refractivity contribution in [1.29, 1.82) is 0 Å². The largest absolute Gasteiger partial charge is 0.367 e. The molecule has 2 aromatic rings. The van der Waals surface area contributed by atoms with Crippen molar-refractivity contribution in [2.24, 2.45) is 5.92 Å². The zero-order valence-corrected chi connectivity index (χ0v) is 15.8. The Labute approximate surface area is 163 Å². The number of nitrogens with one attached hydrogen (secondary N) is 1. The quantitative estimate of drug-likeness (QED) is 0.794. The summed E-state index contributed by atoms with van der Waals surface area (Å²) in [5.41, 5.74) is 8.18. The van der Waals surface area contributed by atoms with E-state index in [9.17, 15) is 9.59 Å². The second-order valence-electron chi connectivity index (χ2n) is 7.59. The fourth-order valence-corrected chi connectivity index (χ4v) is 4.16. The zero-order chi connectivity index (χ0) is 19.5. The molecular weight excluding hydrogens is 358 g/mol. The third kappa shape index (κ3) is 3.97. The molecule has 2 amide bonds. The number of carbonyl (C=O) groups excluding carboxylic acids is 2. The number of fused-ring (bicyclic) bond motifs is 1. The van der Waals surface area contributed by atoms with Gasteiger partial charge >= 0.3 is 0 Å². The number of nitrogens with two attached hydrogens (primary N) is 1. The molecule has 2 aliphatic rings. The van der Waals surface area contributed by atoms with Gasteiger partial charge < -0.3 is 16.0 Å². The minimum atomic E-state index is -0.165. The van der Waals surface area contributed by atoms with E-state index >= 15 is 0 Å². The second kappa shape index (κ2) is 7.95. The van der Waals surface area contributed by atoms with Crippen molar-refractivity contribution in [3.05, 3.63) is 35.4 Å². The molecule has 28 heavy (non-hydrogen) atoms. The lowest BCUT2D eigenvalue weighted by atomic mass is 9.84. The highest BCUT2D eigenvalue weighted by Gasteiger charge is 2.31. The van der Waals surface area contributed by atoms with Gasteiger partial charge in [0.2, 0.25) is 17.8 Å². The average molecular weight is 383 g/mol. The number of hydrogen-bond donors (Lipinski definition) is 2. The lowest BCUT2D eigenvalue weighted by Crippen LogP contribution is -2.44. The maximum atomic E-state index is 12.9. The SMILES string of the molecule is Nc1nnnn1CC(=O)NC1CCC(C(=O)N2CCc3ccccc3C2)CC1. The summed E-state index contributed by atoms with van der Waals surface area (Å²) in [5, 5.41) is 13.7. The molecule has 9 heteroatoms. The molecule has 4 rings (SSSR count). The van der Waals surface area contributed by atoms with E-state index in [1.165, 1.54) is 15.8 Å². The first kappa shape index (κ1) is 18.4. The van der Waals surface area contributed by atoms with Crippen molar-refractivity contribution in [2.75, 3.05) is 12.3 Å². The number of aromatic nitrogens is 4. The molecule has 1 saturated carbocycles. The molecule has 0 unspecified atom stereocenters. The predicted molar refractivity (Wildman–Crippen MR) is 102 cm³/mol. The first-order chi connectivity index (χ1) is 13.6. The average Bonchev–Trinajstić information content (AvgIpc) is 3.12. The second-order valence-corrected chi connectivity index (χ2v) is 7.59.